The maximum Gasteiger partial charge on any atom is 0.123 e. The van der Waals surface area contributed by atoms with Crippen LogP contribution in [0.2, 0.25) is 0 Å². The molecular weight excluding hydrogens is 296 g/mol. The molecule has 1 aromatic heterocycles. The second-order valence-electron chi connectivity index (χ2n) is 6.57. The Bertz CT molecular complexity index is 833. The molecular formula is C21H26N2O. The maximum absolute atomic E-state index is 6.15. The molecule has 3 heteroatoms. The van der Waals surface area contributed by atoms with Crippen molar-refractivity contribution in [3.8, 4) is 5.75 Å². The van der Waals surface area contributed by atoms with Crippen molar-refractivity contribution in [3.63, 3.8) is 0 Å². The number of ether oxygens (including phenoxy) is 1. The fourth-order valence-corrected chi connectivity index (χ4v) is 3.14. The van der Waals surface area contributed by atoms with Crippen LogP contribution in [0, 0.1) is 6.92 Å². The molecule has 126 valence electrons. The normalized spacial score (nSPS) is 11.4. The van der Waals surface area contributed by atoms with Gasteiger partial charge in [-0.3, -0.25) is 0 Å². The SMILES string of the molecule is CCc1nc2ccccc2n1CCOc1cc(C)ccc1C(C)C. The number of nitrogens with zero attached hydrogens (tertiary/aromatic N) is 2. The topological polar surface area (TPSA) is 27.1 Å². The number of para-hydroxylation sites is 2. The molecule has 3 rings (SSSR count). The zero-order valence-electron chi connectivity index (χ0n) is 15.0. The lowest BCUT2D eigenvalue weighted by Gasteiger charge is -2.16. The Balaban J connectivity index is 1.79. The minimum Gasteiger partial charge on any atom is -0.491 e. The van der Waals surface area contributed by atoms with Gasteiger partial charge in [0.05, 0.1) is 17.6 Å². The summed E-state index contributed by atoms with van der Waals surface area (Å²) in [6, 6.07) is 14.8. The molecule has 0 saturated carbocycles. The smallest absolute Gasteiger partial charge is 0.123 e. The first-order valence-electron chi connectivity index (χ1n) is 8.77. The van der Waals surface area contributed by atoms with E-state index < -0.39 is 0 Å². The zero-order chi connectivity index (χ0) is 17.1. The van der Waals surface area contributed by atoms with E-state index in [0.717, 1.165) is 30.1 Å². The summed E-state index contributed by atoms with van der Waals surface area (Å²) < 4.78 is 8.43. The van der Waals surface area contributed by atoms with Gasteiger partial charge in [-0.2, -0.15) is 0 Å². The molecule has 0 aliphatic rings. The van der Waals surface area contributed by atoms with Crippen molar-refractivity contribution in [1.82, 2.24) is 9.55 Å². The second-order valence-corrected chi connectivity index (χ2v) is 6.57. The average molecular weight is 322 g/mol. The van der Waals surface area contributed by atoms with Crippen LogP contribution in [0.4, 0.5) is 0 Å². The lowest BCUT2D eigenvalue weighted by molar-refractivity contribution is 0.294. The summed E-state index contributed by atoms with van der Waals surface area (Å²) >= 11 is 0. The summed E-state index contributed by atoms with van der Waals surface area (Å²) in [6.07, 6.45) is 0.927. The van der Waals surface area contributed by atoms with Gasteiger partial charge >= 0.3 is 0 Å². The predicted octanol–water partition coefficient (Wildman–Crippen LogP) is 5.11. The number of rotatable bonds is 6. The standard InChI is InChI=1S/C21H26N2O/c1-5-21-22-18-8-6-7-9-19(18)23(21)12-13-24-20-14-16(4)10-11-17(20)15(2)3/h6-11,14-15H,5,12-13H2,1-4H3. The highest BCUT2D eigenvalue weighted by Crippen LogP contribution is 2.27. The van der Waals surface area contributed by atoms with E-state index >= 15 is 0 Å². The minimum atomic E-state index is 0.459. The van der Waals surface area contributed by atoms with Crippen molar-refractivity contribution >= 4 is 11.0 Å². The highest BCUT2D eigenvalue weighted by atomic mass is 16.5. The van der Waals surface area contributed by atoms with Crippen LogP contribution in [0.3, 0.4) is 0 Å². The second kappa shape index (κ2) is 7.08. The third-order valence-corrected chi connectivity index (χ3v) is 4.41. The van der Waals surface area contributed by atoms with E-state index in [1.807, 2.05) is 6.07 Å². The van der Waals surface area contributed by atoms with Gasteiger partial charge < -0.3 is 9.30 Å². The highest BCUT2D eigenvalue weighted by molar-refractivity contribution is 5.75. The number of benzene rings is 2. The van der Waals surface area contributed by atoms with Gasteiger partial charge in [0.2, 0.25) is 0 Å². The number of hydrogen-bond donors (Lipinski definition) is 0. The Hall–Kier alpha value is -2.29. The molecule has 0 spiro atoms. The number of fused-ring (bicyclic) bond motifs is 1. The number of hydrogen-bond acceptors (Lipinski definition) is 2. The third-order valence-electron chi connectivity index (χ3n) is 4.41. The van der Waals surface area contributed by atoms with Crippen molar-refractivity contribution in [2.75, 3.05) is 6.61 Å². The van der Waals surface area contributed by atoms with E-state index in [-0.39, 0.29) is 0 Å². The summed E-state index contributed by atoms with van der Waals surface area (Å²) in [7, 11) is 0. The highest BCUT2D eigenvalue weighted by Gasteiger charge is 2.11. The summed E-state index contributed by atoms with van der Waals surface area (Å²) in [5, 5.41) is 0. The molecule has 0 bridgehead atoms. The van der Waals surface area contributed by atoms with Gasteiger partial charge in [-0.05, 0) is 42.2 Å². The molecule has 2 aromatic carbocycles. The van der Waals surface area contributed by atoms with Crippen LogP contribution in [-0.2, 0) is 13.0 Å². The molecule has 0 amide bonds. The molecule has 0 N–H and O–H groups in total. The lowest BCUT2D eigenvalue weighted by atomic mass is 10.0. The van der Waals surface area contributed by atoms with Gasteiger partial charge in [0.15, 0.2) is 0 Å². The molecule has 3 nitrogen and oxygen atoms in total. The first kappa shape index (κ1) is 16.6. The van der Waals surface area contributed by atoms with E-state index in [0.29, 0.717) is 12.5 Å². The Kier molecular flexibility index (Phi) is 4.89. The summed E-state index contributed by atoms with van der Waals surface area (Å²) in [5.41, 5.74) is 4.75. The fourth-order valence-electron chi connectivity index (χ4n) is 3.14. The van der Waals surface area contributed by atoms with Crippen molar-refractivity contribution in [1.29, 1.82) is 0 Å². The quantitative estimate of drug-likeness (QED) is 0.630. The van der Waals surface area contributed by atoms with Crippen LogP contribution in [0.5, 0.6) is 5.75 Å². The third kappa shape index (κ3) is 3.30. The Morgan fingerprint density at radius 3 is 2.67 bits per heavy atom. The molecule has 0 saturated heterocycles. The summed E-state index contributed by atoms with van der Waals surface area (Å²) in [4.78, 5) is 4.72. The molecule has 3 aromatic rings. The molecule has 0 radical (unpaired) electrons. The molecule has 0 atom stereocenters. The van der Waals surface area contributed by atoms with Crippen LogP contribution in [0.1, 0.15) is 43.6 Å². The van der Waals surface area contributed by atoms with Crippen LogP contribution < -0.4 is 4.74 Å². The van der Waals surface area contributed by atoms with Gasteiger partial charge in [-0.15, -0.1) is 0 Å². The largest absolute Gasteiger partial charge is 0.491 e. The Morgan fingerprint density at radius 2 is 1.92 bits per heavy atom. The molecule has 0 unspecified atom stereocenters. The van der Waals surface area contributed by atoms with Gasteiger partial charge in [-0.1, -0.05) is 45.0 Å². The number of aryl methyl sites for hydroxylation is 2. The van der Waals surface area contributed by atoms with E-state index in [1.54, 1.807) is 0 Å². The fraction of sp³-hybridized carbons (Fsp3) is 0.381. The van der Waals surface area contributed by atoms with Crippen LogP contribution in [0.15, 0.2) is 42.5 Å². The first-order valence-corrected chi connectivity index (χ1v) is 8.77. The van der Waals surface area contributed by atoms with Crippen molar-refractivity contribution in [3.05, 3.63) is 59.4 Å². The number of aromatic nitrogens is 2. The zero-order valence-corrected chi connectivity index (χ0v) is 15.0. The van der Waals surface area contributed by atoms with Crippen molar-refractivity contribution in [2.24, 2.45) is 0 Å². The molecule has 24 heavy (non-hydrogen) atoms. The van der Waals surface area contributed by atoms with E-state index in [2.05, 4.69) is 68.7 Å². The van der Waals surface area contributed by atoms with Gasteiger partial charge in [0.1, 0.15) is 18.2 Å². The summed E-state index contributed by atoms with van der Waals surface area (Å²) in [5.74, 6) is 2.58. The van der Waals surface area contributed by atoms with Gasteiger partial charge in [-0.25, -0.2) is 4.98 Å². The minimum absolute atomic E-state index is 0.459. The molecule has 0 aliphatic heterocycles. The van der Waals surface area contributed by atoms with Gasteiger partial charge in [0.25, 0.3) is 0 Å². The molecule has 0 aliphatic carbocycles. The van der Waals surface area contributed by atoms with Crippen LogP contribution >= 0.6 is 0 Å². The van der Waals surface area contributed by atoms with Crippen LogP contribution in [0.25, 0.3) is 11.0 Å². The van der Waals surface area contributed by atoms with Crippen LogP contribution in [-0.4, -0.2) is 16.2 Å². The van der Waals surface area contributed by atoms with E-state index in [4.69, 9.17) is 9.72 Å². The van der Waals surface area contributed by atoms with Gasteiger partial charge in [0, 0.05) is 6.42 Å². The van der Waals surface area contributed by atoms with Crippen molar-refractivity contribution < 1.29 is 4.74 Å². The Labute approximate surface area is 144 Å². The summed E-state index contributed by atoms with van der Waals surface area (Å²) in [6.45, 7) is 10.1. The molecule has 0 fully saturated rings. The Morgan fingerprint density at radius 1 is 1.12 bits per heavy atom. The monoisotopic (exact) mass is 322 g/mol. The maximum atomic E-state index is 6.15. The first-order chi connectivity index (χ1) is 11.6. The lowest BCUT2D eigenvalue weighted by Crippen LogP contribution is -2.12. The predicted molar refractivity (Wildman–Crippen MR) is 99.9 cm³/mol. The van der Waals surface area contributed by atoms with Crippen molar-refractivity contribution in [2.45, 2.75) is 46.6 Å². The number of imidazole rings is 1. The average Bonchev–Trinajstić information content (AvgIpc) is 2.93. The van der Waals surface area contributed by atoms with E-state index in [9.17, 15) is 0 Å². The van der Waals surface area contributed by atoms with E-state index in [1.165, 1.54) is 16.6 Å². The molecule has 1 heterocycles.